The molecule has 2 amide bonds. The van der Waals surface area contributed by atoms with Crippen molar-refractivity contribution in [1.82, 2.24) is 24.8 Å². The van der Waals surface area contributed by atoms with Crippen molar-refractivity contribution in [1.29, 1.82) is 0 Å². The molecule has 1 atom stereocenters. The Labute approximate surface area is 195 Å². The summed E-state index contributed by atoms with van der Waals surface area (Å²) >= 11 is 1.46. The summed E-state index contributed by atoms with van der Waals surface area (Å²) in [4.78, 5) is 30.2. The van der Waals surface area contributed by atoms with Gasteiger partial charge in [-0.15, -0.1) is 16.4 Å². The van der Waals surface area contributed by atoms with Gasteiger partial charge in [-0.25, -0.2) is 4.68 Å². The lowest BCUT2D eigenvalue weighted by Gasteiger charge is -2.34. The summed E-state index contributed by atoms with van der Waals surface area (Å²) in [5.74, 6) is 0.659. The molecule has 4 heterocycles. The lowest BCUT2D eigenvalue weighted by molar-refractivity contribution is -0.00204. The van der Waals surface area contributed by atoms with Gasteiger partial charge >= 0.3 is 0 Å². The third-order valence-electron chi connectivity index (χ3n) is 6.20. The molecule has 3 aromatic rings. The number of hydrogen-bond donors (Lipinski definition) is 0. The number of nitrogens with zero attached hydrogens (tertiary/aromatic N) is 5. The first-order valence-corrected chi connectivity index (χ1v) is 11.7. The molecule has 0 aliphatic carbocycles. The lowest BCUT2D eigenvalue weighted by Crippen LogP contribution is -2.50. The Morgan fingerprint density at radius 3 is 2.39 bits per heavy atom. The van der Waals surface area contributed by atoms with E-state index in [-0.39, 0.29) is 24.5 Å². The van der Waals surface area contributed by atoms with Crippen LogP contribution in [0.3, 0.4) is 0 Å². The van der Waals surface area contributed by atoms with Crippen LogP contribution in [0.15, 0.2) is 35.7 Å². The van der Waals surface area contributed by atoms with E-state index in [0.717, 1.165) is 21.8 Å². The number of carbonyl (C=O) groups is 2. The summed E-state index contributed by atoms with van der Waals surface area (Å²) in [6.07, 6.45) is -0.164. The minimum Gasteiger partial charge on any atom is -0.497 e. The van der Waals surface area contributed by atoms with Crippen LogP contribution < -0.4 is 4.74 Å². The smallest absolute Gasteiger partial charge is 0.276 e. The second-order valence-corrected chi connectivity index (χ2v) is 9.07. The zero-order chi connectivity index (χ0) is 22.9. The maximum absolute atomic E-state index is 13.2. The topological polar surface area (TPSA) is 89.8 Å². The zero-order valence-corrected chi connectivity index (χ0v) is 19.4. The van der Waals surface area contributed by atoms with E-state index in [2.05, 4.69) is 10.3 Å². The average molecular weight is 468 g/mol. The quantitative estimate of drug-likeness (QED) is 0.586. The molecule has 0 bridgehead atoms. The molecule has 9 nitrogen and oxygen atoms in total. The third-order valence-corrected chi connectivity index (χ3v) is 7.20. The highest BCUT2D eigenvalue weighted by Gasteiger charge is 2.32. The molecule has 1 aromatic carbocycles. The zero-order valence-electron chi connectivity index (χ0n) is 18.6. The summed E-state index contributed by atoms with van der Waals surface area (Å²) in [6, 6.07) is 9.68. The van der Waals surface area contributed by atoms with E-state index in [1.165, 1.54) is 11.3 Å². The van der Waals surface area contributed by atoms with Crippen LogP contribution in [-0.2, 0) is 17.9 Å². The Morgan fingerprint density at radius 1 is 1.06 bits per heavy atom. The van der Waals surface area contributed by atoms with Gasteiger partial charge in [0, 0.05) is 26.2 Å². The summed E-state index contributed by atoms with van der Waals surface area (Å²) in [5, 5.41) is 10.3. The highest BCUT2D eigenvalue weighted by atomic mass is 32.1. The number of methoxy groups -OCH3 is 1. The molecule has 172 valence electrons. The lowest BCUT2D eigenvalue weighted by atomic mass is 10.1. The summed E-state index contributed by atoms with van der Waals surface area (Å²) < 4.78 is 13.0. The number of benzene rings is 1. The Kier molecular flexibility index (Phi) is 5.86. The highest BCUT2D eigenvalue weighted by molar-refractivity contribution is 7.12. The Hall–Kier alpha value is -3.24. The number of amides is 2. The van der Waals surface area contributed by atoms with E-state index in [1.807, 2.05) is 47.5 Å². The normalized spacial score (nSPS) is 18.2. The predicted molar refractivity (Wildman–Crippen MR) is 121 cm³/mol. The molecule has 1 saturated heterocycles. The van der Waals surface area contributed by atoms with Crippen molar-refractivity contribution in [2.24, 2.45) is 0 Å². The minimum absolute atomic E-state index is 0.0358. The van der Waals surface area contributed by atoms with Gasteiger partial charge in [-0.3, -0.25) is 9.59 Å². The van der Waals surface area contributed by atoms with Crippen molar-refractivity contribution in [3.8, 4) is 5.75 Å². The van der Waals surface area contributed by atoms with Crippen LogP contribution in [0.4, 0.5) is 0 Å². The van der Waals surface area contributed by atoms with Gasteiger partial charge in [-0.2, -0.15) is 0 Å². The van der Waals surface area contributed by atoms with Crippen molar-refractivity contribution < 1.29 is 19.1 Å². The van der Waals surface area contributed by atoms with Gasteiger partial charge in [0.25, 0.3) is 11.8 Å². The van der Waals surface area contributed by atoms with Gasteiger partial charge in [0.2, 0.25) is 0 Å². The highest BCUT2D eigenvalue weighted by Crippen LogP contribution is 2.28. The van der Waals surface area contributed by atoms with Gasteiger partial charge in [-0.1, -0.05) is 17.3 Å². The number of fused-ring (bicyclic) bond motifs is 1. The maximum atomic E-state index is 13.2. The molecule has 33 heavy (non-hydrogen) atoms. The second kappa shape index (κ2) is 8.95. The fraction of sp³-hybridized carbons (Fsp3) is 0.391. The van der Waals surface area contributed by atoms with Crippen LogP contribution in [-0.4, -0.2) is 69.9 Å². The van der Waals surface area contributed by atoms with Gasteiger partial charge in [0.05, 0.1) is 30.8 Å². The molecule has 5 rings (SSSR count). The molecule has 0 radical (unpaired) electrons. The molecule has 0 spiro atoms. The first-order chi connectivity index (χ1) is 16.0. The first-order valence-electron chi connectivity index (χ1n) is 10.9. The van der Waals surface area contributed by atoms with E-state index < -0.39 is 0 Å². The summed E-state index contributed by atoms with van der Waals surface area (Å²) in [6.45, 7) is 4.64. The van der Waals surface area contributed by atoms with Crippen LogP contribution in [0, 0.1) is 6.92 Å². The van der Waals surface area contributed by atoms with Crippen molar-refractivity contribution in [3.63, 3.8) is 0 Å². The van der Waals surface area contributed by atoms with Crippen LogP contribution in [0.1, 0.15) is 43.1 Å². The predicted octanol–water partition coefficient (Wildman–Crippen LogP) is 2.53. The molecule has 2 aromatic heterocycles. The van der Waals surface area contributed by atoms with E-state index in [9.17, 15) is 9.59 Å². The summed E-state index contributed by atoms with van der Waals surface area (Å²) in [7, 11) is 1.63. The average Bonchev–Trinajstić information content (AvgIpc) is 3.49. The van der Waals surface area contributed by atoms with Crippen molar-refractivity contribution in [2.75, 3.05) is 33.3 Å². The number of hydrogen-bond acceptors (Lipinski definition) is 7. The number of aryl methyl sites for hydroxylation is 1. The molecule has 2 aliphatic rings. The van der Waals surface area contributed by atoms with Gasteiger partial charge < -0.3 is 19.3 Å². The van der Waals surface area contributed by atoms with E-state index >= 15 is 0 Å². The van der Waals surface area contributed by atoms with Crippen molar-refractivity contribution in [2.45, 2.75) is 26.2 Å². The molecule has 0 unspecified atom stereocenters. The molecule has 10 heteroatoms. The fourth-order valence-electron chi connectivity index (χ4n) is 4.20. The molecule has 0 N–H and O–H groups in total. The van der Waals surface area contributed by atoms with E-state index in [0.29, 0.717) is 44.1 Å². The molecule has 2 aliphatic heterocycles. The molecular weight excluding hydrogens is 442 g/mol. The molecular formula is C23H25N5O4S. The Balaban J connectivity index is 1.23. The SMILES string of the molecule is COc1ccc([C@@H]2Cn3nnc(C(=O)N4CCN(C(=O)c5sccc5C)CC4)c3CO2)cc1. The minimum atomic E-state index is -0.165. The number of carbonyl (C=O) groups excluding carboxylic acids is 2. The van der Waals surface area contributed by atoms with Crippen molar-refractivity contribution in [3.05, 3.63) is 63.1 Å². The van der Waals surface area contributed by atoms with Crippen LogP contribution in [0.2, 0.25) is 0 Å². The van der Waals surface area contributed by atoms with Crippen LogP contribution in [0.5, 0.6) is 5.75 Å². The number of thiophene rings is 1. The first kappa shape index (κ1) is 21.6. The second-order valence-electron chi connectivity index (χ2n) is 8.16. The van der Waals surface area contributed by atoms with E-state index in [4.69, 9.17) is 9.47 Å². The standard InChI is InChI=1S/C23H25N5O4S/c1-15-7-12-33-21(15)23(30)27-10-8-26(9-11-27)22(29)20-18-14-32-19(13-28(18)25-24-20)16-3-5-17(31-2)6-4-16/h3-7,12,19H,8-11,13-14H2,1-2H3/t19-/m0/s1. The largest absolute Gasteiger partial charge is 0.497 e. The third kappa shape index (κ3) is 4.11. The number of piperazine rings is 1. The number of rotatable bonds is 4. The van der Waals surface area contributed by atoms with Crippen LogP contribution >= 0.6 is 11.3 Å². The van der Waals surface area contributed by atoms with Crippen LogP contribution in [0.25, 0.3) is 0 Å². The summed E-state index contributed by atoms with van der Waals surface area (Å²) in [5.41, 5.74) is 3.04. The number of aromatic nitrogens is 3. The van der Waals surface area contributed by atoms with E-state index in [1.54, 1.807) is 16.7 Å². The monoisotopic (exact) mass is 467 g/mol. The molecule has 0 saturated carbocycles. The Morgan fingerprint density at radius 2 is 1.76 bits per heavy atom. The number of ether oxygens (including phenoxy) is 2. The Bertz CT molecular complexity index is 1160. The van der Waals surface area contributed by atoms with Gasteiger partial charge in [0.15, 0.2) is 5.69 Å². The van der Waals surface area contributed by atoms with Gasteiger partial charge in [-0.05, 0) is 41.6 Å². The maximum Gasteiger partial charge on any atom is 0.276 e. The van der Waals surface area contributed by atoms with Crippen molar-refractivity contribution >= 4 is 23.2 Å². The fourth-order valence-corrected chi connectivity index (χ4v) is 5.09. The molecule has 1 fully saturated rings. The van der Waals surface area contributed by atoms with Gasteiger partial charge in [0.1, 0.15) is 11.9 Å².